The Kier molecular flexibility index (Phi) is 9.55. The molecule has 1 fully saturated rings. The van der Waals surface area contributed by atoms with E-state index in [0.29, 0.717) is 0 Å². The molecule has 0 unspecified atom stereocenters. The van der Waals surface area contributed by atoms with Gasteiger partial charge in [-0.2, -0.15) is 0 Å². The number of sulfonamides is 1. The van der Waals surface area contributed by atoms with Gasteiger partial charge < -0.3 is 5.73 Å². The van der Waals surface area contributed by atoms with Gasteiger partial charge in [0.1, 0.15) is 0 Å². The lowest BCUT2D eigenvalue weighted by molar-refractivity contribution is 0.413. The second-order valence-electron chi connectivity index (χ2n) is 3.22. The summed E-state index contributed by atoms with van der Waals surface area (Å²) in [7, 11) is -1.47. The summed E-state index contributed by atoms with van der Waals surface area (Å²) in [6, 6.07) is 0.207. The van der Waals surface area contributed by atoms with Gasteiger partial charge in [-0.05, 0) is 19.9 Å². The molecule has 0 amide bonds. The quantitative estimate of drug-likeness (QED) is 0.737. The summed E-state index contributed by atoms with van der Waals surface area (Å²) in [6.45, 7) is 0. The number of hydrogen-bond acceptors (Lipinski definition) is 3. The lowest BCUT2D eigenvalue weighted by Crippen LogP contribution is -2.35. The molecule has 0 spiro atoms. The molecule has 0 aliphatic heterocycles. The van der Waals surface area contributed by atoms with Gasteiger partial charge in [0.25, 0.3) is 0 Å². The van der Waals surface area contributed by atoms with E-state index in [1.54, 1.807) is 0 Å². The van der Waals surface area contributed by atoms with Gasteiger partial charge in [-0.3, -0.25) is 0 Å². The van der Waals surface area contributed by atoms with Crippen molar-refractivity contribution in [1.82, 2.24) is 4.72 Å². The van der Waals surface area contributed by atoms with Gasteiger partial charge in [0, 0.05) is 6.04 Å². The number of nitrogens with one attached hydrogen (secondary N) is 1. The molecular formula is C9H24N2O2S. The van der Waals surface area contributed by atoms with E-state index in [9.17, 15) is 8.42 Å². The molecule has 3 N–H and O–H groups in total. The largest absolute Gasteiger partial charge is 0.333 e. The average Bonchev–Trinajstić information content (AvgIpc) is 2.07. The van der Waals surface area contributed by atoms with Crippen molar-refractivity contribution in [2.75, 3.05) is 13.3 Å². The third-order valence-corrected chi connectivity index (χ3v) is 2.75. The second kappa shape index (κ2) is 8.20. The minimum Gasteiger partial charge on any atom is -0.333 e. The van der Waals surface area contributed by atoms with E-state index >= 15 is 0 Å². The first-order valence-corrected chi connectivity index (χ1v) is 6.52. The first-order chi connectivity index (χ1) is 6.08. The fraction of sp³-hybridized carbons (Fsp3) is 1.00. The normalized spacial score (nSPS) is 17.6. The van der Waals surface area contributed by atoms with Crippen molar-refractivity contribution in [1.29, 1.82) is 0 Å². The smallest absolute Gasteiger partial charge is 0.208 e. The Morgan fingerprint density at radius 1 is 1.14 bits per heavy atom. The molecule has 0 bridgehead atoms. The van der Waals surface area contributed by atoms with Crippen molar-refractivity contribution in [3.8, 4) is 0 Å². The maximum Gasteiger partial charge on any atom is 0.208 e. The van der Waals surface area contributed by atoms with Crippen LogP contribution in [0.1, 0.15) is 39.5 Å². The zero-order chi connectivity index (χ0) is 10.3. The molecule has 0 heterocycles. The SMILES string of the molecule is C.CN.CS(=O)(=O)NC1CCCCC1. The minimum absolute atomic E-state index is 0. The molecule has 0 saturated heterocycles. The number of hydrogen-bond donors (Lipinski definition) is 2. The lowest BCUT2D eigenvalue weighted by atomic mass is 9.96. The molecule has 0 radical (unpaired) electrons. The maximum atomic E-state index is 10.8. The van der Waals surface area contributed by atoms with Crippen LogP contribution >= 0.6 is 0 Å². The van der Waals surface area contributed by atoms with Crippen LogP contribution in [-0.4, -0.2) is 27.8 Å². The summed E-state index contributed by atoms with van der Waals surface area (Å²) < 4.78 is 24.2. The molecule has 1 saturated carbocycles. The van der Waals surface area contributed by atoms with Crippen molar-refractivity contribution in [2.45, 2.75) is 45.6 Å². The van der Waals surface area contributed by atoms with Crippen LogP contribution in [0, 0.1) is 0 Å². The van der Waals surface area contributed by atoms with Gasteiger partial charge in [0.15, 0.2) is 0 Å². The molecule has 88 valence electrons. The van der Waals surface area contributed by atoms with Gasteiger partial charge in [-0.25, -0.2) is 13.1 Å². The van der Waals surface area contributed by atoms with E-state index in [-0.39, 0.29) is 13.5 Å². The summed E-state index contributed by atoms with van der Waals surface area (Å²) in [6.07, 6.45) is 6.81. The molecule has 0 atom stereocenters. The Labute approximate surface area is 88.3 Å². The monoisotopic (exact) mass is 224 g/mol. The van der Waals surface area contributed by atoms with Crippen molar-refractivity contribution < 1.29 is 8.42 Å². The van der Waals surface area contributed by atoms with Crippen LogP contribution in [-0.2, 0) is 10.0 Å². The summed E-state index contributed by atoms with van der Waals surface area (Å²) in [5.74, 6) is 0. The first-order valence-electron chi connectivity index (χ1n) is 4.63. The zero-order valence-corrected chi connectivity index (χ0v) is 9.23. The predicted molar refractivity (Wildman–Crippen MR) is 61.7 cm³/mol. The van der Waals surface area contributed by atoms with E-state index in [1.807, 2.05) is 0 Å². The molecule has 14 heavy (non-hydrogen) atoms. The first kappa shape index (κ1) is 16.3. The second-order valence-corrected chi connectivity index (χ2v) is 5.00. The van der Waals surface area contributed by atoms with Gasteiger partial charge >= 0.3 is 0 Å². The summed E-state index contributed by atoms with van der Waals surface area (Å²) in [5, 5.41) is 0. The highest BCUT2D eigenvalue weighted by molar-refractivity contribution is 7.88. The fourth-order valence-electron chi connectivity index (χ4n) is 1.52. The Morgan fingerprint density at radius 2 is 1.57 bits per heavy atom. The van der Waals surface area contributed by atoms with Gasteiger partial charge in [0.2, 0.25) is 10.0 Å². The predicted octanol–water partition coefficient (Wildman–Crippen LogP) is 1.08. The van der Waals surface area contributed by atoms with Crippen LogP contribution in [0.25, 0.3) is 0 Å². The van der Waals surface area contributed by atoms with E-state index in [1.165, 1.54) is 19.7 Å². The van der Waals surface area contributed by atoms with Crippen molar-refractivity contribution >= 4 is 10.0 Å². The van der Waals surface area contributed by atoms with Gasteiger partial charge in [-0.15, -0.1) is 0 Å². The van der Waals surface area contributed by atoms with Gasteiger partial charge in [-0.1, -0.05) is 26.7 Å². The van der Waals surface area contributed by atoms with Crippen molar-refractivity contribution in [3.05, 3.63) is 0 Å². The molecule has 1 rings (SSSR count). The van der Waals surface area contributed by atoms with Crippen LogP contribution in [0.5, 0.6) is 0 Å². The summed E-state index contributed by atoms with van der Waals surface area (Å²) >= 11 is 0. The molecule has 5 heteroatoms. The van der Waals surface area contributed by atoms with Crippen molar-refractivity contribution in [2.24, 2.45) is 5.73 Å². The van der Waals surface area contributed by atoms with E-state index in [0.717, 1.165) is 25.7 Å². The number of nitrogens with two attached hydrogens (primary N) is 1. The molecule has 1 aliphatic rings. The standard InChI is InChI=1S/C7H15NO2S.CH5N.CH4/c1-11(9,10)8-7-5-3-2-4-6-7;1-2;/h7-8H,2-6H2,1H3;2H2,1H3;1H4. The Morgan fingerprint density at radius 3 is 1.93 bits per heavy atom. The highest BCUT2D eigenvalue weighted by atomic mass is 32.2. The summed E-state index contributed by atoms with van der Waals surface area (Å²) in [5.41, 5.74) is 4.50. The molecular weight excluding hydrogens is 200 g/mol. The van der Waals surface area contributed by atoms with Crippen LogP contribution < -0.4 is 10.5 Å². The zero-order valence-electron chi connectivity index (χ0n) is 8.41. The minimum atomic E-state index is -2.97. The van der Waals surface area contributed by atoms with Crippen LogP contribution in [0.3, 0.4) is 0 Å². The Balaban J connectivity index is 0. The Bertz CT molecular complexity index is 209. The molecule has 0 aromatic heterocycles. The molecule has 0 aromatic rings. The van der Waals surface area contributed by atoms with E-state index < -0.39 is 10.0 Å². The summed E-state index contributed by atoms with van der Waals surface area (Å²) in [4.78, 5) is 0. The highest BCUT2D eigenvalue weighted by Crippen LogP contribution is 2.17. The molecule has 0 aromatic carbocycles. The van der Waals surface area contributed by atoms with Crippen molar-refractivity contribution in [3.63, 3.8) is 0 Å². The fourth-order valence-corrected chi connectivity index (χ4v) is 2.36. The Hall–Kier alpha value is -0.130. The molecule has 1 aliphatic carbocycles. The van der Waals surface area contributed by atoms with Crippen LogP contribution in [0.2, 0.25) is 0 Å². The van der Waals surface area contributed by atoms with E-state index in [2.05, 4.69) is 10.5 Å². The topological polar surface area (TPSA) is 72.2 Å². The number of rotatable bonds is 2. The third-order valence-electron chi connectivity index (χ3n) is 1.99. The van der Waals surface area contributed by atoms with Crippen LogP contribution in [0.15, 0.2) is 0 Å². The van der Waals surface area contributed by atoms with Gasteiger partial charge in [0.05, 0.1) is 6.26 Å². The highest BCUT2D eigenvalue weighted by Gasteiger charge is 2.16. The third kappa shape index (κ3) is 8.47. The molecule has 4 nitrogen and oxygen atoms in total. The maximum absolute atomic E-state index is 10.8. The van der Waals surface area contributed by atoms with E-state index in [4.69, 9.17) is 0 Å². The van der Waals surface area contributed by atoms with Crippen LogP contribution in [0.4, 0.5) is 0 Å². The average molecular weight is 224 g/mol. The lowest BCUT2D eigenvalue weighted by Gasteiger charge is -2.21.